The Kier molecular flexibility index (Phi) is 6.09. The largest absolute Gasteiger partial charge is 0.274 e. The third-order valence-corrected chi connectivity index (χ3v) is 4.89. The van der Waals surface area contributed by atoms with Gasteiger partial charge in [0.2, 0.25) is 6.54 Å². The molecule has 0 aliphatic carbocycles. The van der Waals surface area contributed by atoms with Gasteiger partial charge >= 0.3 is 0 Å². The van der Waals surface area contributed by atoms with Crippen LogP contribution in [-0.4, -0.2) is 27.0 Å². The minimum atomic E-state index is -3.88. The quantitative estimate of drug-likeness (QED) is 0.418. The molecule has 0 saturated carbocycles. The summed E-state index contributed by atoms with van der Waals surface area (Å²) < 4.78 is 28.9. The third-order valence-electron chi connectivity index (χ3n) is 3.14. The molecule has 0 aromatic heterocycles. The van der Waals surface area contributed by atoms with E-state index in [4.69, 9.17) is 0 Å². The van der Waals surface area contributed by atoms with Gasteiger partial charge < -0.3 is 0 Å². The van der Waals surface area contributed by atoms with Crippen molar-refractivity contribution >= 4 is 10.1 Å². The van der Waals surface area contributed by atoms with E-state index >= 15 is 0 Å². The van der Waals surface area contributed by atoms with Gasteiger partial charge in [-0.3, -0.25) is 14.3 Å². The van der Waals surface area contributed by atoms with Gasteiger partial charge in [0.05, 0.1) is 7.11 Å². The molecule has 1 aromatic rings. The second-order valence-electron chi connectivity index (χ2n) is 4.55. The molecule has 2 atom stereocenters. The summed E-state index contributed by atoms with van der Waals surface area (Å²) in [5.74, 6) is -0.609. The van der Waals surface area contributed by atoms with Crippen molar-refractivity contribution in [1.82, 2.24) is 0 Å². The van der Waals surface area contributed by atoms with E-state index in [2.05, 4.69) is 4.18 Å². The van der Waals surface area contributed by atoms with Crippen LogP contribution < -0.4 is 0 Å². The van der Waals surface area contributed by atoms with Crippen molar-refractivity contribution in [2.45, 2.75) is 25.0 Å². The van der Waals surface area contributed by atoms with Crippen LogP contribution in [0.15, 0.2) is 30.3 Å². The number of benzene rings is 1. The summed E-state index contributed by atoms with van der Waals surface area (Å²) in [6.07, 6.45) is 1.12. The number of nitrogens with zero attached hydrogens (tertiary/aromatic N) is 1. The van der Waals surface area contributed by atoms with Crippen LogP contribution in [0.2, 0.25) is 0 Å². The molecule has 112 valence electrons. The molecule has 6 nitrogen and oxygen atoms in total. The summed E-state index contributed by atoms with van der Waals surface area (Å²) in [6.45, 7) is 1.48. The summed E-state index contributed by atoms with van der Waals surface area (Å²) in [7, 11) is -2.80. The maximum Gasteiger partial charge on any atom is 0.274 e. The highest BCUT2D eigenvalue weighted by molar-refractivity contribution is 7.87. The van der Waals surface area contributed by atoms with E-state index in [0.29, 0.717) is 18.4 Å². The molecule has 0 bridgehead atoms. The Morgan fingerprint density at radius 2 is 1.90 bits per heavy atom. The molecule has 0 amide bonds. The number of nitro groups is 1. The minimum Gasteiger partial charge on any atom is -0.273 e. The van der Waals surface area contributed by atoms with Crippen LogP contribution in [-0.2, 0) is 14.3 Å². The molecule has 0 heterocycles. The lowest BCUT2D eigenvalue weighted by Gasteiger charge is -2.23. The Morgan fingerprint density at radius 1 is 1.30 bits per heavy atom. The minimum absolute atomic E-state index is 0.393. The molecular weight excluding hydrogens is 282 g/mol. The molecule has 1 rings (SSSR count). The smallest absolute Gasteiger partial charge is 0.273 e. The van der Waals surface area contributed by atoms with E-state index < -0.39 is 32.8 Å². The molecule has 0 radical (unpaired) electrons. The first kappa shape index (κ1) is 16.6. The average Bonchev–Trinajstić information content (AvgIpc) is 2.39. The van der Waals surface area contributed by atoms with Crippen molar-refractivity contribution in [3.05, 3.63) is 46.0 Å². The number of rotatable bonds is 8. The lowest BCUT2D eigenvalue weighted by Crippen LogP contribution is -2.28. The topological polar surface area (TPSA) is 86.5 Å². The summed E-state index contributed by atoms with van der Waals surface area (Å²) in [5.41, 5.74) is 0.523. The van der Waals surface area contributed by atoms with Gasteiger partial charge in [0.25, 0.3) is 10.1 Å². The highest BCUT2D eigenvalue weighted by Gasteiger charge is 2.37. The van der Waals surface area contributed by atoms with Crippen molar-refractivity contribution in [3.63, 3.8) is 0 Å². The summed E-state index contributed by atoms with van der Waals surface area (Å²) in [5, 5.41) is 9.79. The predicted octanol–water partition coefficient (Wildman–Crippen LogP) is 2.40. The first-order valence-corrected chi connectivity index (χ1v) is 7.85. The van der Waals surface area contributed by atoms with Crippen molar-refractivity contribution < 1.29 is 17.5 Å². The molecule has 0 spiro atoms. The van der Waals surface area contributed by atoms with Gasteiger partial charge in [0.15, 0.2) is 0 Å². The van der Waals surface area contributed by atoms with Gasteiger partial charge in [-0.2, -0.15) is 8.42 Å². The molecular formula is C13H19NO5S. The van der Waals surface area contributed by atoms with Crippen LogP contribution in [0, 0.1) is 16.0 Å². The standard InChI is InChI=1S/C13H19NO5S/c1-3-7-12(10-14(15)16)13(20(17,18)19-2)11-8-5-4-6-9-11/h4-6,8-9,12-13H,3,7,10H2,1-2H3/t12-,13+/m1/s1. The Hall–Kier alpha value is -1.47. The first-order chi connectivity index (χ1) is 9.42. The molecule has 0 unspecified atom stereocenters. The molecule has 0 aliphatic heterocycles. The molecule has 0 aliphatic rings. The van der Waals surface area contributed by atoms with Crippen LogP contribution in [0.5, 0.6) is 0 Å². The van der Waals surface area contributed by atoms with E-state index in [1.165, 1.54) is 0 Å². The predicted molar refractivity (Wildman–Crippen MR) is 75.4 cm³/mol. The van der Waals surface area contributed by atoms with Crippen molar-refractivity contribution in [3.8, 4) is 0 Å². The fourth-order valence-corrected chi connectivity index (χ4v) is 3.71. The normalized spacial score (nSPS) is 14.7. The van der Waals surface area contributed by atoms with Gasteiger partial charge in [-0.05, 0) is 12.0 Å². The van der Waals surface area contributed by atoms with Crippen molar-refractivity contribution in [1.29, 1.82) is 0 Å². The van der Waals surface area contributed by atoms with Crippen molar-refractivity contribution in [2.24, 2.45) is 5.92 Å². The van der Waals surface area contributed by atoms with E-state index in [0.717, 1.165) is 7.11 Å². The van der Waals surface area contributed by atoms with Crippen molar-refractivity contribution in [2.75, 3.05) is 13.7 Å². The van der Waals surface area contributed by atoms with Gasteiger partial charge in [-0.25, -0.2) is 0 Å². The Labute approximate surface area is 119 Å². The maximum absolute atomic E-state index is 12.2. The Morgan fingerprint density at radius 3 is 2.35 bits per heavy atom. The number of hydrogen-bond acceptors (Lipinski definition) is 5. The lowest BCUT2D eigenvalue weighted by molar-refractivity contribution is -0.488. The van der Waals surface area contributed by atoms with Gasteiger partial charge in [0.1, 0.15) is 5.25 Å². The van der Waals surface area contributed by atoms with Gasteiger partial charge in [-0.15, -0.1) is 0 Å². The van der Waals surface area contributed by atoms with Crippen LogP contribution in [0.25, 0.3) is 0 Å². The highest BCUT2D eigenvalue weighted by Crippen LogP contribution is 2.34. The zero-order valence-electron chi connectivity index (χ0n) is 11.6. The van der Waals surface area contributed by atoms with E-state index in [-0.39, 0.29) is 0 Å². The Bertz CT molecular complexity index is 529. The molecule has 1 aromatic carbocycles. The number of hydrogen-bond donors (Lipinski definition) is 0. The molecule has 0 fully saturated rings. The lowest BCUT2D eigenvalue weighted by atomic mass is 9.94. The Balaban J connectivity index is 3.24. The van der Waals surface area contributed by atoms with E-state index in [9.17, 15) is 18.5 Å². The fourth-order valence-electron chi connectivity index (χ4n) is 2.32. The van der Waals surface area contributed by atoms with Gasteiger partial charge in [0, 0.05) is 10.8 Å². The molecule has 20 heavy (non-hydrogen) atoms. The molecule has 7 heteroatoms. The SMILES string of the molecule is CCC[C@H](C[N+](=O)[O-])[C@H](c1ccccc1)S(=O)(=O)OC. The molecule has 0 N–H and O–H groups in total. The molecule has 0 saturated heterocycles. The third kappa shape index (κ3) is 4.28. The maximum atomic E-state index is 12.2. The van der Waals surface area contributed by atoms with E-state index in [1.807, 2.05) is 6.92 Å². The van der Waals surface area contributed by atoms with Gasteiger partial charge in [-0.1, -0.05) is 43.7 Å². The second-order valence-corrected chi connectivity index (χ2v) is 6.38. The van der Waals surface area contributed by atoms with E-state index in [1.54, 1.807) is 30.3 Å². The summed E-state index contributed by atoms with van der Waals surface area (Å²) in [4.78, 5) is 10.3. The van der Waals surface area contributed by atoms with Crippen LogP contribution in [0.1, 0.15) is 30.6 Å². The van der Waals surface area contributed by atoms with Crippen LogP contribution in [0.4, 0.5) is 0 Å². The fraction of sp³-hybridized carbons (Fsp3) is 0.538. The zero-order chi connectivity index (χ0) is 15.2. The van der Waals surface area contributed by atoms with Crippen LogP contribution in [0.3, 0.4) is 0 Å². The second kappa shape index (κ2) is 7.35. The average molecular weight is 301 g/mol. The first-order valence-electron chi connectivity index (χ1n) is 6.38. The van der Waals surface area contributed by atoms with Crippen LogP contribution >= 0.6 is 0 Å². The monoisotopic (exact) mass is 301 g/mol. The summed E-state index contributed by atoms with van der Waals surface area (Å²) >= 11 is 0. The highest BCUT2D eigenvalue weighted by atomic mass is 32.2. The zero-order valence-corrected chi connectivity index (χ0v) is 12.4. The summed E-state index contributed by atoms with van der Waals surface area (Å²) in [6, 6.07) is 8.50.